The monoisotopic (exact) mass is 236 g/mol. The molecular weight excluding hydrogens is 229 g/mol. The average Bonchev–Trinajstić information content (AvgIpc) is 2.05. The Morgan fingerprint density at radius 1 is 1.40 bits per heavy atom. The predicted octanol–water partition coefficient (Wildman–Crippen LogP) is 3.49. The average molecular weight is 237 g/mol. The minimum atomic E-state index is -4.40. The number of carbonyl (C=O) groups excluding carboxylic acids is 1. The zero-order chi connectivity index (χ0) is 11.6. The first-order chi connectivity index (χ1) is 6.80. The molecule has 0 N–H and O–H groups in total. The number of hydrogen-bond acceptors (Lipinski definition) is 1. The molecule has 0 saturated carbocycles. The molecule has 82 valence electrons. The second-order valence-corrected chi connectivity index (χ2v) is 3.59. The lowest BCUT2D eigenvalue weighted by molar-refractivity contribution is -0.137. The summed E-state index contributed by atoms with van der Waals surface area (Å²) in [5.41, 5.74) is -0.392. The van der Waals surface area contributed by atoms with Crippen molar-refractivity contribution >= 4 is 17.4 Å². The molecule has 1 aromatic rings. The molecule has 0 aliphatic rings. The van der Waals surface area contributed by atoms with E-state index in [1.54, 1.807) is 0 Å². The Kier molecular flexibility index (Phi) is 3.39. The van der Waals surface area contributed by atoms with Crippen molar-refractivity contribution in [2.24, 2.45) is 0 Å². The first-order valence-electron chi connectivity index (χ1n) is 4.16. The van der Waals surface area contributed by atoms with Crippen molar-refractivity contribution in [3.8, 4) is 0 Å². The maximum atomic E-state index is 12.2. The highest BCUT2D eigenvalue weighted by Gasteiger charge is 2.30. The van der Waals surface area contributed by atoms with Crippen LogP contribution < -0.4 is 0 Å². The van der Waals surface area contributed by atoms with E-state index in [0.29, 0.717) is 5.56 Å². The highest BCUT2D eigenvalue weighted by atomic mass is 35.5. The Balaban J connectivity index is 3.03. The van der Waals surface area contributed by atoms with Crippen molar-refractivity contribution < 1.29 is 18.0 Å². The van der Waals surface area contributed by atoms with Gasteiger partial charge in [-0.1, -0.05) is 17.7 Å². The van der Waals surface area contributed by atoms with Crippen molar-refractivity contribution in [3.63, 3.8) is 0 Å². The van der Waals surface area contributed by atoms with Gasteiger partial charge in [0.05, 0.1) is 5.56 Å². The fourth-order valence-corrected chi connectivity index (χ4v) is 1.38. The van der Waals surface area contributed by atoms with E-state index in [1.807, 2.05) is 0 Å². The largest absolute Gasteiger partial charge is 0.416 e. The van der Waals surface area contributed by atoms with Gasteiger partial charge in [-0.3, -0.25) is 4.79 Å². The van der Waals surface area contributed by atoms with Crippen molar-refractivity contribution in [3.05, 3.63) is 34.3 Å². The van der Waals surface area contributed by atoms with Crippen LogP contribution in [-0.2, 0) is 17.4 Å². The van der Waals surface area contributed by atoms with Crippen LogP contribution in [0.15, 0.2) is 18.2 Å². The van der Waals surface area contributed by atoms with Crippen LogP contribution in [0.2, 0.25) is 5.02 Å². The molecule has 0 amide bonds. The number of alkyl halides is 3. The summed E-state index contributed by atoms with van der Waals surface area (Å²) in [6.07, 6.45) is -4.35. The summed E-state index contributed by atoms with van der Waals surface area (Å²) >= 11 is 5.63. The lowest BCUT2D eigenvalue weighted by Gasteiger charge is -2.08. The van der Waals surface area contributed by atoms with E-state index in [4.69, 9.17) is 11.6 Å². The summed E-state index contributed by atoms with van der Waals surface area (Å²) in [4.78, 5) is 10.8. The molecule has 0 fully saturated rings. The van der Waals surface area contributed by atoms with Crippen molar-refractivity contribution in [1.29, 1.82) is 0 Å². The van der Waals surface area contributed by atoms with E-state index >= 15 is 0 Å². The minimum absolute atomic E-state index is 0.0278. The summed E-state index contributed by atoms with van der Waals surface area (Å²) in [6.45, 7) is 1.36. The van der Waals surface area contributed by atoms with E-state index in [1.165, 1.54) is 13.0 Å². The summed E-state index contributed by atoms with van der Waals surface area (Å²) in [7, 11) is 0. The van der Waals surface area contributed by atoms with Crippen molar-refractivity contribution in [1.82, 2.24) is 0 Å². The van der Waals surface area contributed by atoms with E-state index in [2.05, 4.69) is 0 Å². The number of benzene rings is 1. The molecule has 5 heteroatoms. The Labute approximate surface area is 89.9 Å². The normalized spacial score (nSPS) is 11.5. The van der Waals surface area contributed by atoms with Gasteiger partial charge < -0.3 is 0 Å². The lowest BCUT2D eigenvalue weighted by Crippen LogP contribution is -2.06. The van der Waals surface area contributed by atoms with Crippen LogP contribution in [0.4, 0.5) is 13.2 Å². The molecule has 0 spiro atoms. The van der Waals surface area contributed by atoms with Gasteiger partial charge in [-0.25, -0.2) is 0 Å². The second-order valence-electron chi connectivity index (χ2n) is 3.18. The van der Waals surface area contributed by atoms with Gasteiger partial charge in [0.25, 0.3) is 0 Å². The zero-order valence-electron chi connectivity index (χ0n) is 7.86. The minimum Gasteiger partial charge on any atom is -0.300 e. The molecule has 0 radical (unpaired) electrons. The van der Waals surface area contributed by atoms with Crippen LogP contribution in [0.25, 0.3) is 0 Å². The highest BCUT2D eigenvalue weighted by molar-refractivity contribution is 6.31. The summed E-state index contributed by atoms with van der Waals surface area (Å²) in [5.74, 6) is -0.142. The van der Waals surface area contributed by atoms with Gasteiger partial charge in [0.1, 0.15) is 5.78 Å². The number of ketones is 1. The van der Waals surface area contributed by atoms with Gasteiger partial charge in [0.2, 0.25) is 0 Å². The third kappa shape index (κ3) is 3.23. The Hall–Kier alpha value is -1.03. The zero-order valence-corrected chi connectivity index (χ0v) is 8.62. The number of carbonyl (C=O) groups is 1. The molecule has 0 aliphatic heterocycles. The van der Waals surface area contributed by atoms with E-state index < -0.39 is 11.7 Å². The maximum absolute atomic E-state index is 12.2. The molecule has 0 heterocycles. The standard InChI is InChI=1S/C10H8ClF3O/c1-6(15)4-7-2-3-8(5-9(7)11)10(12,13)14/h2-3,5H,4H2,1H3. The maximum Gasteiger partial charge on any atom is 0.416 e. The molecule has 0 atom stereocenters. The second kappa shape index (κ2) is 4.23. The van der Waals surface area contributed by atoms with Crippen LogP contribution >= 0.6 is 11.6 Å². The van der Waals surface area contributed by atoms with Gasteiger partial charge in [-0.05, 0) is 24.6 Å². The third-order valence-electron chi connectivity index (χ3n) is 1.82. The number of Topliss-reactive ketones (excluding diaryl/α,β-unsaturated/α-hetero) is 1. The summed E-state index contributed by atoms with van der Waals surface area (Å²) in [5, 5.41) is -0.0278. The van der Waals surface area contributed by atoms with Crippen LogP contribution in [-0.4, -0.2) is 5.78 Å². The summed E-state index contributed by atoms with van der Waals surface area (Å²) in [6, 6.07) is 2.98. The first-order valence-corrected chi connectivity index (χ1v) is 4.53. The quantitative estimate of drug-likeness (QED) is 0.768. The molecule has 1 nitrogen and oxygen atoms in total. The fraction of sp³-hybridized carbons (Fsp3) is 0.300. The lowest BCUT2D eigenvalue weighted by atomic mass is 10.1. The molecule has 1 aromatic carbocycles. The Morgan fingerprint density at radius 3 is 2.40 bits per heavy atom. The van der Waals surface area contributed by atoms with Crippen LogP contribution in [0.5, 0.6) is 0 Å². The van der Waals surface area contributed by atoms with Crippen molar-refractivity contribution in [2.75, 3.05) is 0 Å². The molecular formula is C10H8ClF3O. The SMILES string of the molecule is CC(=O)Cc1ccc(C(F)(F)F)cc1Cl. The van der Waals surface area contributed by atoms with E-state index in [0.717, 1.165) is 12.1 Å². The molecule has 0 unspecified atom stereocenters. The number of halogens is 4. The molecule has 0 bridgehead atoms. The van der Waals surface area contributed by atoms with Crippen LogP contribution in [0.1, 0.15) is 18.1 Å². The van der Waals surface area contributed by atoms with E-state index in [9.17, 15) is 18.0 Å². The van der Waals surface area contributed by atoms with Gasteiger partial charge >= 0.3 is 6.18 Å². The van der Waals surface area contributed by atoms with Gasteiger partial charge in [-0.15, -0.1) is 0 Å². The van der Waals surface area contributed by atoms with Gasteiger partial charge in [0, 0.05) is 11.4 Å². The molecule has 0 aromatic heterocycles. The number of rotatable bonds is 2. The first kappa shape index (κ1) is 12.0. The van der Waals surface area contributed by atoms with Gasteiger partial charge in [0.15, 0.2) is 0 Å². The smallest absolute Gasteiger partial charge is 0.300 e. The Morgan fingerprint density at radius 2 is 2.00 bits per heavy atom. The molecule has 1 rings (SSSR count). The summed E-state index contributed by atoms with van der Waals surface area (Å²) < 4.78 is 36.7. The topological polar surface area (TPSA) is 17.1 Å². The van der Waals surface area contributed by atoms with Gasteiger partial charge in [-0.2, -0.15) is 13.2 Å². The molecule has 15 heavy (non-hydrogen) atoms. The fourth-order valence-electron chi connectivity index (χ4n) is 1.14. The van der Waals surface area contributed by atoms with Crippen LogP contribution in [0, 0.1) is 0 Å². The number of hydrogen-bond donors (Lipinski definition) is 0. The Bertz CT molecular complexity index is 385. The highest BCUT2D eigenvalue weighted by Crippen LogP contribution is 2.32. The van der Waals surface area contributed by atoms with E-state index in [-0.39, 0.29) is 17.2 Å². The predicted molar refractivity (Wildman–Crippen MR) is 50.8 cm³/mol. The third-order valence-corrected chi connectivity index (χ3v) is 2.17. The molecule has 0 saturated heterocycles. The van der Waals surface area contributed by atoms with Crippen molar-refractivity contribution in [2.45, 2.75) is 19.5 Å². The van der Waals surface area contributed by atoms with Crippen LogP contribution in [0.3, 0.4) is 0 Å². The molecule has 0 aliphatic carbocycles.